The van der Waals surface area contributed by atoms with E-state index in [1.54, 1.807) is 0 Å². The molecule has 24 heavy (non-hydrogen) atoms. The number of benzene rings is 3. The second kappa shape index (κ2) is 7.68. The van der Waals surface area contributed by atoms with Crippen molar-refractivity contribution in [1.29, 1.82) is 0 Å². The molecule has 0 aromatic heterocycles. The Morgan fingerprint density at radius 3 is 1.79 bits per heavy atom. The summed E-state index contributed by atoms with van der Waals surface area (Å²) >= 11 is 6.35. The summed E-state index contributed by atoms with van der Waals surface area (Å²) in [6.45, 7) is 0. The second-order valence-electron chi connectivity index (χ2n) is 5.48. The molecule has 3 aromatic carbocycles. The maximum Gasteiger partial charge on any atom is 0.0653 e. The van der Waals surface area contributed by atoms with E-state index in [9.17, 15) is 0 Å². The monoisotopic (exact) mass is 328 g/mol. The van der Waals surface area contributed by atoms with Crippen molar-refractivity contribution >= 4 is 17.2 Å². The van der Waals surface area contributed by atoms with Gasteiger partial charge in [-0.05, 0) is 28.3 Å². The topological polar surface area (TPSA) is 0 Å². The van der Waals surface area contributed by atoms with Crippen LogP contribution in [0.1, 0.15) is 22.6 Å². The van der Waals surface area contributed by atoms with Crippen molar-refractivity contribution in [3.8, 4) is 12.3 Å². The van der Waals surface area contributed by atoms with Gasteiger partial charge in [0.15, 0.2) is 0 Å². The molecule has 116 valence electrons. The Labute approximate surface area is 148 Å². The van der Waals surface area contributed by atoms with Gasteiger partial charge in [-0.25, -0.2) is 0 Å². The van der Waals surface area contributed by atoms with Crippen LogP contribution >= 0.6 is 11.6 Å². The van der Waals surface area contributed by atoms with Gasteiger partial charge in [0.2, 0.25) is 0 Å². The minimum absolute atomic E-state index is 0.186. The average Bonchev–Trinajstić information content (AvgIpc) is 2.65. The molecule has 0 amide bonds. The lowest BCUT2D eigenvalue weighted by atomic mass is 9.91. The zero-order valence-electron chi connectivity index (χ0n) is 13.2. The molecule has 0 N–H and O–H groups in total. The molecule has 1 unspecified atom stereocenters. The number of allylic oxidation sites excluding steroid dienone is 1. The number of hydrogen-bond donors (Lipinski definition) is 0. The van der Waals surface area contributed by atoms with E-state index in [-0.39, 0.29) is 5.92 Å². The summed E-state index contributed by atoms with van der Waals surface area (Å²) in [5, 5.41) is 0.692. The predicted octanol–water partition coefficient (Wildman–Crippen LogP) is 6.19. The van der Waals surface area contributed by atoms with Crippen LogP contribution in [0.15, 0.2) is 91.0 Å². The third kappa shape index (κ3) is 3.59. The number of halogens is 1. The summed E-state index contributed by atoms with van der Waals surface area (Å²) in [4.78, 5) is 0. The molecule has 0 fully saturated rings. The van der Waals surface area contributed by atoms with Gasteiger partial charge in [0.1, 0.15) is 0 Å². The van der Waals surface area contributed by atoms with Crippen LogP contribution in [0.3, 0.4) is 0 Å². The van der Waals surface area contributed by atoms with Crippen LogP contribution in [-0.2, 0) is 0 Å². The van der Waals surface area contributed by atoms with E-state index < -0.39 is 0 Å². The van der Waals surface area contributed by atoms with Crippen molar-refractivity contribution in [2.24, 2.45) is 0 Å². The van der Waals surface area contributed by atoms with E-state index in [4.69, 9.17) is 18.0 Å². The fraction of sp³-hybridized carbons (Fsp3) is 0.0435. The molecule has 3 rings (SSSR count). The van der Waals surface area contributed by atoms with E-state index in [1.807, 2.05) is 60.7 Å². The Kier molecular flexibility index (Phi) is 5.16. The highest BCUT2D eigenvalue weighted by Gasteiger charge is 2.12. The highest BCUT2D eigenvalue weighted by atomic mass is 35.5. The summed E-state index contributed by atoms with van der Waals surface area (Å²) < 4.78 is 0. The first-order chi connectivity index (χ1) is 11.8. The molecule has 1 atom stereocenters. The standard InChI is InChI=1S/C23H17Cl/c1-2-18(21-15-9-10-16-23(21)24)17-22(19-11-5-3-6-12-19)20-13-7-4-8-14-20/h1,3-18H. The summed E-state index contributed by atoms with van der Waals surface area (Å²) in [6.07, 6.45) is 7.94. The normalized spacial score (nSPS) is 11.3. The Bertz CT molecular complexity index is 829. The molecule has 0 aliphatic carbocycles. The van der Waals surface area contributed by atoms with E-state index in [0.717, 1.165) is 22.3 Å². The molecule has 0 nitrogen and oxygen atoms in total. The molecule has 0 bridgehead atoms. The van der Waals surface area contributed by atoms with Gasteiger partial charge < -0.3 is 0 Å². The average molecular weight is 329 g/mol. The molecule has 0 heterocycles. The largest absolute Gasteiger partial charge is 0.119 e. The molecule has 0 saturated heterocycles. The lowest BCUT2D eigenvalue weighted by Gasteiger charge is -2.14. The maximum atomic E-state index is 6.35. The predicted molar refractivity (Wildman–Crippen MR) is 103 cm³/mol. The van der Waals surface area contributed by atoms with Crippen molar-refractivity contribution in [3.05, 3.63) is 113 Å². The van der Waals surface area contributed by atoms with Crippen LogP contribution in [0.25, 0.3) is 5.57 Å². The van der Waals surface area contributed by atoms with Crippen LogP contribution in [-0.4, -0.2) is 0 Å². The lowest BCUT2D eigenvalue weighted by Crippen LogP contribution is -1.96. The number of hydrogen-bond acceptors (Lipinski definition) is 0. The molecule has 0 aliphatic rings. The summed E-state index contributed by atoms with van der Waals surface area (Å²) in [5.41, 5.74) is 4.33. The van der Waals surface area contributed by atoms with Crippen LogP contribution in [0.5, 0.6) is 0 Å². The molecule has 0 aliphatic heterocycles. The van der Waals surface area contributed by atoms with E-state index in [1.165, 1.54) is 0 Å². The number of rotatable bonds is 4. The van der Waals surface area contributed by atoms with Gasteiger partial charge in [-0.1, -0.05) is 102 Å². The van der Waals surface area contributed by atoms with Gasteiger partial charge in [0, 0.05) is 5.02 Å². The highest BCUT2D eigenvalue weighted by molar-refractivity contribution is 6.31. The highest BCUT2D eigenvalue weighted by Crippen LogP contribution is 2.31. The Balaban J connectivity index is 2.13. The molecular weight excluding hydrogens is 312 g/mol. The lowest BCUT2D eigenvalue weighted by molar-refractivity contribution is 1.13. The molecule has 0 radical (unpaired) electrons. The zero-order valence-corrected chi connectivity index (χ0v) is 13.9. The molecular formula is C23H17Cl. The number of terminal acetylenes is 1. The summed E-state index contributed by atoms with van der Waals surface area (Å²) in [7, 11) is 0. The molecule has 0 saturated carbocycles. The van der Waals surface area contributed by atoms with Gasteiger partial charge in [0.25, 0.3) is 0 Å². The van der Waals surface area contributed by atoms with Crippen molar-refractivity contribution in [2.75, 3.05) is 0 Å². The minimum atomic E-state index is -0.186. The maximum absolute atomic E-state index is 6.35. The van der Waals surface area contributed by atoms with Crippen LogP contribution in [0.2, 0.25) is 5.02 Å². The third-order valence-electron chi connectivity index (χ3n) is 3.92. The Morgan fingerprint density at radius 2 is 1.29 bits per heavy atom. The van der Waals surface area contributed by atoms with Crippen LogP contribution in [0, 0.1) is 12.3 Å². The van der Waals surface area contributed by atoms with Gasteiger partial charge >= 0.3 is 0 Å². The van der Waals surface area contributed by atoms with Gasteiger partial charge in [-0.2, -0.15) is 0 Å². The fourth-order valence-electron chi connectivity index (χ4n) is 2.72. The Morgan fingerprint density at radius 1 is 0.792 bits per heavy atom. The van der Waals surface area contributed by atoms with Crippen molar-refractivity contribution in [1.82, 2.24) is 0 Å². The van der Waals surface area contributed by atoms with E-state index in [2.05, 4.69) is 36.3 Å². The molecule has 0 spiro atoms. The van der Waals surface area contributed by atoms with E-state index >= 15 is 0 Å². The first-order valence-electron chi connectivity index (χ1n) is 7.83. The van der Waals surface area contributed by atoms with Crippen molar-refractivity contribution < 1.29 is 0 Å². The zero-order chi connectivity index (χ0) is 16.8. The van der Waals surface area contributed by atoms with E-state index in [0.29, 0.717) is 5.02 Å². The molecule has 3 aromatic rings. The Hall–Kier alpha value is -2.75. The first-order valence-corrected chi connectivity index (χ1v) is 8.20. The SMILES string of the molecule is C#CC(C=C(c1ccccc1)c1ccccc1)c1ccccc1Cl. The molecule has 1 heteroatoms. The van der Waals surface area contributed by atoms with Crippen molar-refractivity contribution in [3.63, 3.8) is 0 Å². The quantitative estimate of drug-likeness (QED) is 0.501. The smallest absolute Gasteiger partial charge is 0.0653 e. The fourth-order valence-corrected chi connectivity index (χ4v) is 2.97. The summed E-state index contributed by atoms with van der Waals surface area (Å²) in [6, 6.07) is 28.3. The first kappa shape index (κ1) is 16.1. The van der Waals surface area contributed by atoms with Crippen LogP contribution in [0.4, 0.5) is 0 Å². The van der Waals surface area contributed by atoms with Gasteiger partial charge in [0.05, 0.1) is 5.92 Å². The minimum Gasteiger partial charge on any atom is -0.119 e. The third-order valence-corrected chi connectivity index (χ3v) is 4.27. The second-order valence-corrected chi connectivity index (χ2v) is 5.89. The van der Waals surface area contributed by atoms with Crippen LogP contribution < -0.4 is 0 Å². The van der Waals surface area contributed by atoms with Crippen molar-refractivity contribution in [2.45, 2.75) is 5.92 Å². The summed E-state index contributed by atoms with van der Waals surface area (Å²) in [5.74, 6) is 2.68. The van der Waals surface area contributed by atoms with Gasteiger partial charge in [-0.3, -0.25) is 0 Å². The van der Waals surface area contributed by atoms with Gasteiger partial charge in [-0.15, -0.1) is 6.42 Å².